The fourth-order valence-corrected chi connectivity index (χ4v) is 5.39. The van der Waals surface area contributed by atoms with Crippen molar-refractivity contribution in [1.82, 2.24) is 9.78 Å². The average molecular weight is 502 g/mol. The largest absolute Gasteiger partial charge is 0.502 e. The lowest BCUT2D eigenvalue weighted by Gasteiger charge is -2.18. The van der Waals surface area contributed by atoms with Crippen molar-refractivity contribution in [2.24, 2.45) is 12.0 Å². The van der Waals surface area contributed by atoms with Crippen LogP contribution in [0.5, 0.6) is 34.5 Å². The Balaban J connectivity index is 1.97. The van der Waals surface area contributed by atoms with E-state index in [0.717, 1.165) is 17.6 Å². The smallest absolute Gasteiger partial charge is 0.203 e. The number of ether oxygens (including phenoxy) is 4. The number of hydrogen-bond acceptors (Lipinski definition) is 9. The molecule has 1 aromatic heterocycles. The number of aromatic nitrogens is 2. The van der Waals surface area contributed by atoms with Gasteiger partial charge in [-0.3, -0.25) is 4.99 Å². The van der Waals surface area contributed by atoms with Gasteiger partial charge in [0.05, 0.1) is 34.5 Å². The van der Waals surface area contributed by atoms with Gasteiger partial charge >= 0.3 is 0 Å². The fraction of sp³-hybridized carbons (Fsp3) is 0.440. The summed E-state index contributed by atoms with van der Waals surface area (Å²) in [5.41, 5.74) is 1.84. The molecule has 0 unspecified atom stereocenters. The van der Waals surface area contributed by atoms with Gasteiger partial charge in [0.2, 0.25) is 16.3 Å². The van der Waals surface area contributed by atoms with Gasteiger partial charge in [0.15, 0.2) is 23.0 Å². The van der Waals surface area contributed by atoms with Crippen LogP contribution in [0.15, 0.2) is 23.2 Å². The Labute approximate surface area is 208 Å². The second-order valence-electron chi connectivity index (χ2n) is 8.35. The van der Waals surface area contributed by atoms with Crippen molar-refractivity contribution in [3.8, 4) is 56.2 Å². The molecule has 1 heterocycles. The summed E-state index contributed by atoms with van der Waals surface area (Å²) < 4.78 is 23.6. The standard InChI is InChI=1S/C25H31N3O6S/c1-28-25(26-15-9-7-6-8-10-15)35-24(27-28)16-13-19(33-4)22(30)23(34-5)20(16)14-11-17(31-2)21(29)18(12-14)32-3/h11-13,15,29-30H,6-10H2,1-5H3. The Kier molecular flexibility index (Phi) is 7.39. The molecule has 4 rings (SSSR count). The van der Waals surface area contributed by atoms with E-state index in [1.165, 1.54) is 59.0 Å². The van der Waals surface area contributed by atoms with Crippen LogP contribution in [0.25, 0.3) is 21.7 Å². The van der Waals surface area contributed by atoms with Crippen LogP contribution < -0.4 is 23.7 Å². The molecule has 0 bridgehead atoms. The number of aromatic hydroxyl groups is 2. The number of rotatable bonds is 7. The summed E-state index contributed by atoms with van der Waals surface area (Å²) in [6.45, 7) is 0. The molecular formula is C25H31N3O6S. The van der Waals surface area contributed by atoms with Crippen molar-refractivity contribution in [2.75, 3.05) is 28.4 Å². The summed E-state index contributed by atoms with van der Waals surface area (Å²) in [6.07, 6.45) is 5.84. The van der Waals surface area contributed by atoms with Crippen molar-refractivity contribution >= 4 is 11.3 Å². The number of hydrogen-bond donors (Lipinski definition) is 2. The molecule has 0 atom stereocenters. The van der Waals surface area contributed by atoms with Gasteiger partial charge in [0.1, 0.15) is 5.01 Å². The van der Waals surface area contributed by atoms with Gasteiger partial charge in [-0.2, -0.15) is 5.10 Å². The molecule has 0 spiro atoms. The molecule has 1 saturated carbocycles. The lowest BCUT2D eigenvalue weighted by Crippen LogP contribution is -2.18. The topological polar surface area (TPSA) is 108 Å². The third kappa shape index (κ3) is 4.75. The molecular weight excluding hydrogens is 470 g/mol. The normalized spacial score (nSPS) is 14.7. The summed E-state index contributed by atoms with van der Waals surface area (Å²) in [7, 11) is 7.75. The van der Waals surface area contributed by atoms with Crippen LogP contribution in [0.3, 0.4) is 0 Å². The number of nitrogens with zero attached hydrogens (tertiary/aromatic N) is 3. The number of methoxy groups -OCH3 is 4. The third-order valence-corrected chi connectivity index (χ3v) is 7.26. The monoisotopic (exact) mass is 501 g/mol. The fourth-order valence-electron chi connectivity index (χ4n) is 4.41. The zero-order valence-electron chi connectivity index (χ0n) is 20.6. The van der Waals surface area contributed by atoms with Gasteiger partial charge in [0, 0.05) is 18.2 Å². The predicted octanol–water partition coefficient (Wildman–Crippen LogP) is 4.49. The van der Waals surface area contributed by atoms with Crippen LogP contribution in [-0.4, -0.2) is 54.5 Å². The van der Waals surface area contributed by atoms with Crippen LogP contribution in [0.2, 0.25) is 0 Å². The number of aryl methyl sites for hydroxylation is 1. The van der Waals surface area contributed by atoms with E-state index in [-0.39, 0.29) is 34.5 Å². The molecule has 9 nitrogen and oxygen atoms in total. The van der Waals surface area contributed by atoms with E-state index in [4.69, 9.17) is 29.0 Å². The maximum Gasteiger partial charge on any atom is 0.203 e. The van der Waals surface area contributed by atoms with E-state index < -0.39 is 0 Å². The lowest BCUT2D eigenvalue weighted by molar-refractivity contribution is 0.339. The number of phenols is 2. The molecule has 0 aliphatic heterocycles. The van der Waals surface area contributed by atoms with Crippen molar-refractivity contribution in [2.45, 2.75) is 38.1 Å². The molecule has 1 fully saturated rings. The second-order valence-corrected chi connectivity index (χ2v) is 9.30. The Bertz CT molecular complexity index is 1250. The zero-order valence-corrected chi connectivity index (χ0v) is 21.4. The van der Waals surface area contributed by atoms with E-state index in [2.05, 4.69) is 0 Å². The van der Waals surface area contributed by atoms with Crippen molar-refractivity contribution < 1.29 is 29.2 Å². The SMILES string of the molecule is COc1cc(-c2c(-c3nn(C)c(=NC4CCCCC4)s3)cc(OC)c(O)c2OC)cc(OC)c1O. The molecule has 2 aromatic carbocycles. The average Bonchev–Trinajstić information content (AvgIpc) is 3.24. The molecule has 0 saturated heterocycles. The minimum Gasteiger partial charge on any atom is -0.502 e. The Morgan fingerprint density at radius 2 is 1.49 bits per heavy atom. The van der Waals surface area contributed by atoms with E-state index in [9.17, 15) is 10.2 Å². The first-order chi connectivity index (χ1) is 16.9. The van der Waals surface area contributed by atoms with Crippen LogP contribution in [0.4, 0.5) is 0 Å². The van der Waals surface area contributed by atoms with Crippen LogP contribution in [0.1, 0.15) is 32.1 Å². The van der Waals surface area contributed by atoms with E-state index in [1.807, 2.05) is 7.05 Å². The first-order valence-corrected chi connectivity index (χ1v) is 12.2. The van der Waals surface area contributed by atoms with Gasteiger partial charge in [-0.25, -0.2) is 4.68 Å². The summed E-state index contributed by atoms with van der Waals surface area (Å²) in [4.78, 5) is 5.79. The highest BCUT2D eigenvalue weighted by atomic mass is 32.1. The first kappa shape index (κ1) is 24.7. The van der Waals surface area contributed by atoms with Crippen LogP contribution in [-0.2, 0) is 7.05 Å². The van der Waals surface area contributed by atoms with Gasteiger partial charge in [-0.05, 0) is 36.6 Å². The number of benzene rings is 2. The van der Waals surface area contributed by atoms with E-state index >= 15 is 0 Å². The molecule has 10 heteroatoms. The predicted molar refractivity (Wildman–Crippen MR) is 134 cm³/mol. The molecule has 2 N–H and O–H groups in total. The zero-order chi connectivity index (χ0) is 25.1. The molecule has 0 radical (unpaired) electrons. The minimum absolute atomic E-state index is 0.119. The lowest BCUT2D eigenvalue weighted by atomic mass is 9.96. The highest BCUT2D eigenvalue weighted by molar-refractivity contribution is 7.12. The summed E-state index contributed by atoms with van der Waals surface area (Å²) in [5, 5.41) is 26.7. The van der Waals surface area contributed by atoms with Gasteiger partial charge in [0.25, 0.3) is 0 Å². The quantitative estimate of drug-likeness (QED) is 0.491. The summed E-state index contributed by atoms with van der Waals surface area (Å²) in [5.74, 6) is 0.638. The van der Waals surface area contributed by atoms with Gasteiger partial charge < -0.3 is 29.2 Å². The minimum atomic E-state index is -0.146. The molecule has 188 valence electrons. The van der Waals surface area contributed by atoms with Crippen molar-refractivity contribution in [3.05, 3.63) is 23.0 Å². The molecule has 3 aromatic rings. The second kappa shape index (κ2) is 10.5. The summed E-state index contributed by atoms with van der Waals surface area (Å²) in [6, 6.07) is 5.34. The summed E-state index contributed by atoms with van der Waals surface area (Å²) >= 11 is 1.46. The van der Waals surface area contributed by atoms with E-state index in [1.54, 1.807) is 22.9 Å². The molecule has 1 aliphatic carbocycles. The highest BCUT2D eigenvalue weighted by Gasteiger charge is 2.26. The van der Waals surface area contributed by atoms with Crippen LogP contribution in [0, 0.1) is 0 Å². The van der Waals surface area contributed by atoms with Gasteiger partial charge in [-0.15, -0.1) is 0 Å². The van der Waals surface area contributed by atoms with Crippen molar-refractivity contribution in [1.29, 1.82) is 0 Å². The van der Waals surface area contributed by atoms with E-state index in [0.29, 0.717) is 27.7 Å². The maximum atomic E-state index is 10.9. The van der Waals surface area contributed by atoms with Crippen molar-refractivity contribution in [3.63, 3.8) is 0 Å². The number of phenolic OH excluding ortho intramolecular Hbond substituents is 2. The molecule has 35 heavy (non-hydrogen) atoms. The van der Waals surface area contributed by atoms with Crippen LogP contribution >= 0.6 is 11.3 Å². The molecule has 0 amide bonds. The molecule has 1 aliphatic rings. The highest BCUT2D eigenvalue weighted by Crippen LogP contribution is 2.52. The Morgan fingerprint density at radius 3 is 2.06 bits per heavy atom. The maximum absolute atomic E-state index is 10.9. The third-order valence-electron chi connectivity index (χ3n) is 6.22. The van der Waals surface area contributed by atoms with Gasteiger partial charge in [-0.1, -0.05) is 30.6 Å². The Morgan fingerprint density at radius 1 is 0.886 bits per heavy atom. The Hall–Kier alpha value is -3.40. The first-order valence-electron chi connectivity index (χ1n) is 11.4.